The van der Waals surface area contributed by atoms with E-state index in [1.54, 1.807) is 24.3 Å². The van der Waals surface area contributed by atoms with Gasteiger partial charge >= 0.3 is 0 Å². The van der Waals surface area contributed by atoms with Crippen molar-refractivity contribution in [2.45, 2.75) is 17.9 Å². The van der Waals surface area contributed by atoms with Gasteiger partial charge in [-0.3, -0.25) is 4.90 Å². The molecule has 0 aromatic heterocycles. The lowest BCUT2D eigenvalue weighted by Gasteiger charge is -2.35. The minimum atomic E-state index is -3.47. The Morgan fingerprint density at radius 3 is 2.40 bits per heavy atom. The van der Waals surface area contributed by atoms with Crippen LogP contribution in [-0.2, 0) is 10.0 Å². The molecule has 1 aliphatic heterocycles. The van der Waals surface area contributed by atoms with Gasteiger partial charge in [0.2, 0.25) is 10.0 Å². The van der Waals surface area contributed by atoms with Gasteiger partial charge in [-0.15, -0.1) is 0 Å². The van der Waals surface area contributed by atoms with Crippen LogP contribution < -0.4 is 0 Å². The number of hydrogen-bond donors (Lipinski definition) is 0. The van der Waals surface area contributed by atoms with Crippen LogP contribution in [0.5, 0.6) is 0 Å². The van der Waals surface area contributed by atoms with E-state index >= 15 is 0 Å². The Labute approximate surface area is 128 Å². The molecule has 1 aliphatic rings. The number of sulfonamides is 1. The smallest absolute Gasteiger partial charge is 0.244 e. The molecular weight excluding hydrogens is 342 g/mol. The third kappa shape index (κ3) is 3.04. The van der Waals surface area contributed by atoms with Gasteiger partial charge in [-0.1, -0.05) is 12.1 Å². The number of halogens is 1. The summed E-state index contributed by atoms with van der Waals surface area (Å²) in [6.45, 7) is 3.82. The summed E-state index contributed by atoms with van der Waals surface area (Å²) >= 11 is 3.29. The Bertz CT molecular complexity index is 619. The zero-order valence-corrected chi connectivity index (χ0v) is 13.6. The molecular formula is C13H16BrN3O2S. The van der Waals surface area contributed by atoms with Crippen molar-refractivity contribution >= 4 is 26.0 Å². The first kappa shape index (κ1) is 15.4. The van der Waals surface area contributed by atoms with Gasteiger partial charge in [-0.05, 0) is 35.0 Å². The molecule has 7 heteroatoms. The number of rotatable bonds is 3. The predicted octanol–water partition coefficient (Wildman–Crippen LogP) is 1.67. The lowest BCUT2D eigenvalue weighted by Crippen LogP contribution is -2.50. The third-order valence-electron chi connectivity index (χ3n) is 3.46. The molecule has 1 aromatic carbocycles. The van der Waals surface area contributed by atoms with E-state index in [0.717, 1.165) is 0 Å². The van der Waals surface area contributed by atoms with Gasteiger partial charge in [0.25, 0.3) is 0 Å². The highest BCUT2D eigenvalue weighted by atomic mass is 79.9. The fraction of sp³-hybridized carbons (Fsp3) is 0.462. The van der Waals surface area contributed by atoms with E-state index in [1.807, 2.05) is 11.8 Å². The van der Waals surface area contributed by atoms with Gasteiger partial charge < -0.3 is 0 Å². The molecule has 1 fully saturated rings. The van der Waals surface area contributed by atoms with Gasteiger partial charge in [-0.25, -0.2) is 8.42 Å². The standard InChI is InChI=1S/C13H16BrN3O2S/c1-11(10-15)16-6-8-17(9-7-16)20(18,19)13-5-3-2-4-12(13)14/h2-5,11H,6-9H2,1H3/t11-/m1/s1. The van der Waals surface area contributed by atoms with Crippen molar-refractivity contribution < 1.29 is 8.42 Å². The highest BCUT2D eigenvalue weighted by Crippen LogP contribution is 2.25. The fourth-order valence-electron chi connectivity index (χ4n) is 2.21. The van der Waals surface area contributed by atoms with Gasteiger partial charge in [0.15, 0.2) is 0 Å². The first-order chi connectivity index (χ1) is 9.46. The van der Waals surface area contributed by atoms with E-state index < -0.39 is 10.0 Å². The van der Waals surface area contributed by atoms with E-state index in [4.69, 9.17) is 5.26 Å². The largest absolute Gasteiger partial charge is 0.286 e. The van der Waals surface area contributed by atoms with Crippen LogP contribution in [0.4, 0.5) is 0 Å². The fourth-order valence-corrected chi connectivity index (χ4v) is 4.59. The SMILES string of the molecule is C[C@H](C#N)N1CCN(S(=O)(=O)c2ccccc2Br)CC1. The summed E-state index contributed by atoms with van der Waals surface area (Å²) < 4.78 is 27.2. The lowest BCUT2D eigenvalue weighted by molar-refractivity contribution is 0.169. The molecule has 108 valence electrons. The van der Waals surface area contributed by atoms with Crippen LogP contribution in [0.3, 0.4) is 0 Å². The normalized spacial score (nSPS) is 19.4. The highest BCUT2D eigenvalue weighted by molar-refractivity contribution is 9.10. The van der Waals surface area contributed by atoms with Crippen LogP contribution in [-0.4, -0.2) is 49.8 Å². The van der Waals surface area contributed by atoms with Crippen LogP contribution in [0.15, 0.2) is 33.6 Å². The second kappa shape index (κ2) is 6.22. The first-order valence-electron chi connectivity index (χ1n) is 6.35. The molecule has 2 rings (SSSR count). The zero-order chi connectivity index (χ0) is 14.8. The van der Waals surface area contributed by atoms with Crippen molar-refractivity contribution in [3.63, 3.8) is 0 Å². The molecule has 0 amide bonds. The van der Waals surface area contributed by atoms with Gasteiger partial charge in [0, 0.05) is 30.7 Å². The molecule has 0 bridgehead atoms. The molecule has 0 N–H and O–H groups in total. The third-order valence-corrected chi connectivity index (χ3v) is 6.37. The summed E-state index contributed by atoms with van der Waals surface area (Å²) in [7, 11) is -3.47. The Balaban J connectivity index is 2.15. The molecule has 0 radical (unpaired) electrons. The van der Waals surface area contributed by atoms with Crippen molar-refractivity contribution in [2.24, 2.45) is 0 Å². The summed E-state index contributed by atoms with van der Waals surface area (Å²) in [6.07, 6.45) is 0. The van der Waals surface area contributed by atoms with Gasteiger partial charge in [0.05, 0.1) is 17.0 Å². The molecule has 20 heavy (non-hydrogen) atoms. The summed E-state index contributed by atoms with van der Waals surface area (Å²) in [5.74, 6) is 0. The zero-order valence-electron chi connectivity index (χ0n) is 11.2. The molecule has 0 aliphatic carbocycles. The summed E-state index contributed by atoms with van der Waals surface area (Å²) in [6, 6.07) is 8.83. The Morgan fingerprint density at radius 2 is 1.85 bits per heavy atom. The van der Waals surface area contributed by atoms with Crippen LogP contribution in [0.2, 0.25) is 0 Å². The maximum Gasteiger partial charge on any atom is 0.244 e. The van der Waals surface area contributed by atoms with Crippen molar-refractivity contribution in [2.75, 3.05) is 26.2 Å². The average molecular weight is 358 g/mol. The molecule has 1 saturated heterocycles. The number of piperazine rings is 1. The number of nitrogens with zero attached hydrogens (tertiary/aromatic N) is 3. The minimum Gasteiger partial charge on any atom is -0.286 e. The quantitative estimate of drug-likeness (QED) is 0.825. The van der Waals surface area contributed by atoms with Gasteiger partial charge in [0.1, 0.15) is 0 Å². The maximum atomic E-state index is 12.6. The average Bonchev–Trinajstić information content (AvgIpc) is 2.47. The number of benzene rings is 1. The maximum absolute atomic E-state index is 12.6. The molecule has 1 aromatic rings. The molecule has 1 atom stereocenters. The molecule has 0 saturated carbocycles. The summed E-state index contributed by atoms with van der Waals surface area (Å²) in [5, 5.41) is 8.90. The molecule has 5 nitrogen and oxygen atoms in total. The molecule has 1 heterocycles. The van der Waals surface area contributed by atoms with Crippen molar-refractivity contribution in [3.8, 4) is 6.07 Å². The molecule has 0 spiro atoms. The second-order valence-corrected chi connectivity index (χ2v) is 7.44. The van der Waals surface area contributed by atoms with E-state index in [9.17, 15) is 8.42 Å². The Morgan fingerprint density at radius 1 is 1.25 bits per heavy atom. The first-order valence-corrected chi connectivity index (χ1v) is 8.58. The van der Waals surface area contributed by atoms with E-state index in [-0.39, 0.29) is 6.04 Å². The topological polar surface area (TPSA) is 64.4 Å². The van der Waals surface area contributed by atoms with Crippen LogP contribution in [0, 0.1) is 11.3 Å². The Kier molecular flexibility index (Phi) is 4.81. The number of nitriles is 1. The summed E-state index contributed by atoms with van der Waals surface area (Å²) in [5.41, 5.74) is 0. The summed E-state index contributed by atoms with van der Waals surface area (Å²) in [4.78, 5) is 2.29. The monoisotopic (exact) mass is 357 g/mol. The molecule has 0 unspecified atom stereocenters. The van der Waals surface area contributed by atoms with E-state index in [1.165, 1.54) is 4.31 Å². The van der Waals surface area contributed by atoms with Crippen molar-refractivity contribution in [1.29, 1.82) is 5.26 Å². The van der Waals surface area contributed by atoms with E-state index in [2.05, 4.69) is 22.0 Å². The van der Waals surface area contributed by atoms with E-state index in [0.29, 0.717) is 35.5 Å². The Hall–Kier alpha value is -0.940. The second-order valence-electron chi connectivity index (χ2n) is 4.68. The highest BCUT2D eigenvalue weighted by Gasteiger charge is 2.30. The van der Waals surface area contributed by atoms with Crippen LogP contribution in [0.1, 0.15) is 6.92 Å². The van der Waals surface area contributed by atoms with Crippen LogP contribution >= 0.6 is 15.9 Å². The number of hydrogen-bond acceptors (Lipinski definition) is 4. The van der Waals surface area contributed by atoms with Gasteiger partial charge in [-0.2, -0.15) is 9.57 Å². The van der Waals surface area contributed by atoms with Crippen molar-refractivity contribution in [1.82, 2.24) is 9.21 Å². The van der Waals surface area contributed by atoms with Crippen LogP contribution in [0.25, 0.3) is 0 Å². The minimum absolute atomic E-state index is 0.177. The predicted molar refractivity (Wildman–Crippen MR) is 79.5 cm³/mol. The van der Waals surface area contributed by atoms with Crippen molar-refractivity contribution in [3.05, 3.63) is 28.7 Å². The lowest BCUT2D eigenvalue weighted by atomic mass is 10.2.